The maximum absolute atomic E-state index is 11.9. The Morgan fingerprint density at radius 1 is 1.27 bits per heavy atom. The van der Waals surface area contributed by atoms with E-state index in [1.807, 2.05) is 6.92 Å². The third-order valence-corrected chi connectivity index (χ3v) is 4.65. The zero-order chi connectivity index (χ0) is 16.1. The maximum atomic E-state index is 11.9. The minimum Gasteiger partial charge on any atom is -0.508 e. The summed E-state index contributed by atoms with van der Waals surface area (Å²) >= 11 is 7.08. The zero-order valence-electron chi connectivity index (χ0n) is 12.1. The molecule has 1 heterocycles. The number of phenols is 1. The molecule has 0 aliphatic rings. The van der Waals surface area contributed by atoms with Crippen molar-refractivity contribution >= 4 is 28.7 Å². The van der Waals surface area contributed by atoms with Gasteiger partial charge in [0.25, 0.3) is 0 Å². The van der Waals surface area contributed by atoms with Crippen molar-refractivity contribution in [2.24, 2.45) is 0 Å². The van der Waals surface area contributed by atoms with Gasteiger partial charge in [0, 0.05) is 19.0 Å². The normalized spacial score (nSPS) is 13.8. The molecule has 4 nitrogen and oxygen atoms in total. The topological polar surface area (TPSA) is 69.6 Å². The highest BCUT2D eigenvalue weighted by Gasteiger charge is 2.16. The summed E-state index contributed by atoms with van der Waals surface area (Å²) in [6.45, 7) is 2.33. The molecule has 0 aliphatic heterocycles. The fraction of sp³-hybridized carbons (Fsp3) is 0.312. The Balaban J connectivity index is 1.81. The molecule has 0 amide bonds. The standard InChI is InChI=1S/C16H18ClNO3S/c1-10(16(21)11-2-4-12(19)5-3-11)18-9-8-13(20)14-6-7-15(17)22-14/h2-7,10,16,18-19,21H,8-9H2,1H3. The van der Waals surface area contributed by atoms with Gasteiger partial charge in [-0.25, -0.2) is 0 Å². The molecular formula is C16H18ClNO3S. The summed E-state index contributed by atoms with van der Waals surface area (Å²) in [5, 5.41) is 22.6. The van der Waals surface area contributed by atoms with Crippen LogP contribution in [-0.4, -0.2) is 28.6 Å². The average Bonchev–Trinajstić information content (AvgIpc) is 2.93. The smallest absolute Gasteiger partial charge is 0.174 e. The van der Waals surface area contributed by atoms with Crippen LogP contribution in [0.3, 0.4) is 0 Å². The number of ketones is 1. The average molecular weight is 340 g/mol. The Hall–Kier alpha value is -1.40. The Morgan fingerprint density at radius 2 is 1.95 bits per heavy atom. The first-order valence-electron chi connectivity index (χ1n) is 6.96. The molecule has 0 fully saturated rings. The molecule has 0 radical (unpaired) electrons. The highest BCUT2D eigenvalue weighted by atomic mass is 35.5. The number of phenolic OH excluding ortho intramolecular Hbond substituents is 1. The maximum Gasteiger partial charge on any atom is 0.174 e. The second-order valence-corrected chi connectivity index (χ2v) is 6.77. The number of carbonyl (C=O) groups excluding carboxylic acids is 1. The quantitative estimate of drug-likeness (QED) is 0.676. The van der Waals surface area contributed by atoms with E-state index >= 15 is 0 Å². The molecule has 2 atom stereocenters. The molecule has 0 saturated carbocycles. The minimum atomic E-state index is -0.702. The largest absolute Gasteiger partial charge is 0.508 e. The lowest BCUT2D eigenvalue weighted by Crippen LogP contribution is -2.33. The number of Topliss-reactive ketones (excluding diaryl/α,β-unsaturated/α-hetero) is 1. The molecule has 2 rings (SSSR count). The second kappa shape index (κ2) is 7.74. The summed E-state index contributed by atoms with van der Waals surface area (Å²) < 4.78 is 0.604. The third-order valence-electron chi connectivity index (χ3n) is 3.37. The van der Waals surface area contributed by atoms with Crippen molar-refractivity contribution in [1.82, 2.24) is 5.32 Å². The summed E-state index contributed by atoms with van der Waals surface area (Å²) in [5.41, 5.74) is 0.717. The van der Waals surface area contributed by atoms with E-state index in [1.165, 1.54) is 23.5 Å². The van der Waals surface area contributed by atoms with Crippen molar-refractivity contribution in [3.63, 3.8) is 0 Å². The Kier molecular flexibility index (Phi) is 5.97. The van der Waals surface area contributed by atoms with E-state index in [0.717, 1.165) is 0 Å². The van der Waals surface area contributed by atoms with E-state index in [-0.39, 0.29) is 17.6 Å². The lowest BCUT2D eigenvalue weighted by Gasteiger charge is -2.20. The first kappa shape index (κ1) is 17.0. The summed E-state index contributed by atoms with van der Waals surface area (Å²) in [6, 6.07) is 9.66. The number of thiophene rings is 1. The first-order valence-corrected chi connectivity index (χ1v) is 8.15. The molecule has 1 aromatic carbocycles. The van der Waals surface area contributed by atoms with Crippen molar-refractivity contribution in [3.05, 3.63) is 51.2 Å². The number of hydrogen-bond donors (Lipinski definition) is 3. The molecule has 0 aliphatic carbocycles. The number of hydrogen-bond acceptors (Lipinski definition) is 5. The van der Waals surface area contributed by atoms with Gasteiger partial charge in [-0.1, -0.05) is 23.7 Å². The number of benzene rings is 1. The molecule has 118 valence electrons. The van der Waals surface area contributed by atoms with Crippen LogP contribution in [0, 0.1) is 0 Å². The predicted molar refractivity (Wildman–Crippen MR) is 88.8 cm³/mol. The molecule has 3 N–H and O–H groups in total. The molecule has 0 spiro atoms. The van der Waals surface area contributed by atoms with E-state index in [1.54, 1.807) is 24.3 Å². The van der Waals surface area contributed by atoms with Crippen LogP contribution in [0.4, 0.5) is 0 Å². The summed E-state index contributed by atoms with van der Waals surface area (Å²) in [4.78, 5) is 12.6. The van der Waals surface area contributed by atoms with Gasteiger partial charge < -0.3 is 15.5 Å². The Labute approximate surface area is 138 Å². The van der Waals surface area contributed by atoms with Crippen LogP contribution >= 0.6 is 22.9 Å². The molecule has 6 heteroatoms. The fourth-order valence-electron chi connectivity index (χ4n) is 2.07. The van der Waals surface area contributed by atoms with Crippen LogP contribution in [0.5, 0.6) is 5.75 Å². The highest BCUT2D eigenvalue weighted by molar-refractivity contribution is 7.18. The minimum absolute atomic E-state index is 0.0377. The van der Waals surface area contributed by atoms with E-state index < -0.39 is 6.10 Å². The van der Waals surface area contributed by atoms with Gasteiger partial charge in [-0.15, -0.1) is 11.3 Å². The summed E-state index contributed by atoms with van der Waals surface area (Å²) in [5.74, 6) is 0.201. The molecule has 2 unspecified atom stereocenters. The van der Waals surface area contributed by atoms with Gasteiger partial charge in [-0.3, -0.25) is 4.79 Å². The summed E-state index contributed by atoms with van der Waals surface area (Å²) in [6.07, 6.45) is -0.351. The van der Waals surface area contributed by atoms with Gasteiger partial charge in [0.15, 0.2) is 5.78 Å². The predicted octanol–water partition coefficient (Wildman–Crippen LogP) is 3.39. The monoisotopic (exact) mass is 339 g/mol. The van der Waals surface area contributed by atoms with Crippen LogP contribution in [-0.2, 0) is 0 Å². The number of aromatic hydroxyl groups is 1. The third kappa shape index (κ3) is 4.55. The van der Waals surface area contributed by atoms with Crippen molar-refractivity contribution < 1.29 is 15.0 Å². The number of aliphatic hydroxyl groups excluding tert-OH is 1. The van der Waals surface area contributed by atoms with Gasteiger partial charge in [-0.05, 0) is 36.8 Å². The van der Waals surface area contributed by atoms with Crippen LogP contribution in [0.1, 0.15) is 34.7 Å². The molecule has 0 bridgehead atoms. The van der Waals surface area contributed by atoms with Crippen molar-refractivity contribution in [2.45, 2.75) is 25.5 Å². The lowest BCUT2D eigenvalue weighted by atomic mass is 10.0. The van der Waals surface area contributed by atoms with E-state index in [0.29, 0.717) is 27.7 Å². The van der Waals surface area contributed by atoms with Gasteiger partial charge >= 0.3 is 0 Å². The van der Waals surface area contributed by atoms with Crippen LogP contribution in [0.2, 0.25) is 4.34 Å². The second-order valence-electron chi connectivity index (χ2n) is 5.06. The zero-order valence-corrected chi connectivity index (χ0v) is 13.7. The molecule has 2 aromatic rings. The van der Waals surface area contributed by atoms with Crippen molar-refractivity contribution in [2.75, 3.05) is 6.54 Å². The number of nitrogens with one attached hydrogen (secondary N) is 1. The molecule has 1 aromatic heterocycles. The summed E-state index contributed by atoms with van der Waals surface area (Å²) in [7, 11) is 0. The van der Waals surface area contributed by atoms with Gasteiger partial charge in [-0.2, -0.15) is 0 Å². The fourth-order valence-corrected chi connectivity index (χ4v) is 3.08. The lowest BCUT2D eigenvalue weighted by molar-refractivity contribution is 0.0976. The van der Waals surface area contributed by atoms with Crippen LogP contribution in [0.25, 0.3) is 0 Å². The Bertz CT molecular complexity index is 627. The van der Waals surface area contributed by atoms with Crippen molar-refractivity contribution in [1.29, 1.82) is 0 Å². The molecule has 0 saturated heterocycles. The van der Waals surface area contributed by atoms with E-state index in [9.17, 15) is 15.0 Å². The van der Waals surface area contributed by atoms with Gasteiger partial charge in [0.2, 0.25) is 0 Å². The van der Waals surface area contributed by atoms with Crippen LogP contribution in [0.15, 0.2) is 36.4 Å². The molecule has 22 heavy (non-hydrogen) atoms. The highest BCUT2D eigenvalue weighted by Crippen LogP contribution is 2.23. The first-order chi connectivity index (χ1) is 10.5. The van der Waals surface area contributed by atoms with Crippen molar-refractivity contribution in [3.8, 4) is 5.75 Å². The van der Waals surface area contributed by atoms with Crippen LogP contribution < -0.4 is 5.32 Å². The number of rotatable bonds is 7. The van der Waals surface area contributed by atoms with E-state index in [4.69, 9.17) is 11.6 Å². The SMILES string of the molecule is CC(NCCC(=O)c1ccc(Cl)s1)C(O)c1ccc(O)cc1. The Morgan fingerprint density at radius 3 is 2.55 bits per heavy atom. The van der Waals surface area contributed by atoms with Gasteiger partial charge in [0.1, 0.15) is 5.75 Å². The number of aliphatic hydroxyl groups is 1. The van der Waals surface area contributed by atoms with E-state index in [2.05, 4.69) is 5.32 Å². The number of halogens is 1. The molecular weight excluding hydrogens is 322 g/mol. The number of carbonyl (C=O) groups is 1. The van der Waals surface area contributed by atoms with Gasteiger partial charge in [0.05, 0.1) is 15.3 Å².